The predicted octanol–water partition coefficient (Wildman–Crippen LogP) is 4.64. The Morgan fingerprint density at radius 1 is 1.25 bits per heavy atom. The molecule has 0 amide bonds. The molecule has 0 spiro atoms. The summed E-state index contributed by atoms with van der Waals surface area (Å²) in [5.74, 6) is 0.0950. The van der Waals surface area contributed by atoms with Crippen molar-refractivity contribution in [3.8, 4) is 0 Å². The second-order valence-corrected chi connectivity index (χ2v) is 3.97. The fourth-order valence-electron chi connectivity index (χ4n) is 1.25. The first kappa shape index (κ1) is 13.0. The summed E-state index contributed by atoms with van der Waals surface area (Å²) in [7, 11) is 0. The molecule has 1 rings (SSSR count). The van der Waals surface area contributed by atoms with E-state index in [0.717, 1.165) is 5.56 Å². The summed E-state index contributed by atoms with van der Waals surface area (Å²) >= 11 is 5.09. The number of benzene rings is 1. The van der Waals surface area contributed by atoms with Gasteiger partial charge in [-0.25, -0.2) is 4.99 Å². The van der Waals surface area contributed by atoms with E-state index in [9.17, 15) is 13.2 Å². The summed E-state index contributed by atoms with van der Waals surface area (Å²) in [6.07, 6.45) is -4.59. The van der Waals surface area contributed by atoms with E-state index >= 15 is 0 Å². The van der Waals surface area contributed by atoms with E-state index in [4.69, 9.17) is 11.6 Å². The molecule has 0 aliphatic rings. The lowest BCUT2D eigenvalue weighted by Gasteiger charge is -2.10. The second kappa shape index (κ2) is 4.87. The maximum atomic E-state index is 12.2. The van der Waals surface area contributed by atoms with Crippen LogP contribution in [0.5, 0.6) is 0 Å². The van der Waals surface area contributed by atoms with E-state index < -0.39 is 11.3 Å². The van der Waals surface area contributed by atoms with Crippen molar-refractivity contribution < 1.29 is 13.2 Å². The molecule has 1 aromatic rings. The highest BCUT2D eigenvalue weighted by Gasteiger charge is 2.34. The summed E-state index contributed by atoms with van der Waals surface area (Å²) in [5.41, 5.74) is 1.00. The lowest BCUT2D eigenvalue weighted by molar-refractivity contribution is -0.0558. The van der Waals surface area contributed by atoms with E-state index in [1.807, 2.05) is 13.8 Å². The molecule has 1 nitrogen and oxygen atoms in total. The molecule has 88 valence electrons. The molecule has 0 bridgehead atoms. The van der Waals surface area contributed by atoms with Gasteiger partial charge in [-0.2, -0.15) is 13.2 Å². The molecule has 5 heteroatoms. The van der Waals surface area contributed by atoms with Crippen LogP contribution in [0.25, 0.3) is 0 Å². The Labute approximate surface area is 97.0 Å². The molecule has 0 N–H and O–H groups in total. The fraction of sp³-hybridized carbons (Fsp3) is 0.364. The largest absolute Gasteiger partial charge is 0.444 e. The van der Waals surface area contributed by atoms with Crippen molar-refractivity contribution in [2.45, 2.75) is 25.9 Å². The second-order valence-electron chi connectivity index (χ2n) is 3.61. The summed E-state index contributed by atoms with van der Waals surface area (Å²) < 4.78 is 36.6. The third-order valence-electron chi connectivity index (χ3n) is 2.01. The topological polar surface area (TPSA) is 12.4 Å². The quantitative estimate of drug-likeness (QED) is 0.677. The van der Waals surface area contributed by atoms with E-state index in [0.29, 0.717) is 0 Å². The van der Waals surface area contributed by atoms with Crippen molar-refractivity contribution >= 4 is 22.5 Å². The van der Waals surface area contributed by atoms with E-state index in [2.05, 4.69) is 4.99 Å². The number of halogens is 4. The van der Waals surface area contributed by atoms with Gasteiger partial charge in [-0.05, 0) is 17.5 Å². The molecule has 0 radical (unpaired) electrons. The monoisotopic (exact) mass is 249 g/mol. The number of alkyl halides is 3. The Morgan fingerprint density at radius 3 is 2.31 bits per heavy atom. The zero-order valence-corrected chi connectivity index (χ0v) is 9.60. The summed E-state index contributed by atoms with van der Waals surface area (Å²) in [6, 6.07) is 6.65. The molecule has 0 aliphatic carbocycles. The summed E-state index contributed by atoms with van der Waals surface area (Å²) in [4.78, 5) is 3.41. The molecule has 16 heavy (non-hydrogen) atoms. The van der Waals surface area contributed by atoms with Crippen molar-refractivity contribution in [3.05, 3.63) is 29.8 Å². The average Bonchev–Trinajstić information content (AvgIpc) is 2.16. The van der Waals surface area contributed by atoms with Gasteiger partial charge < -0.3 is 0 Å². The normalized spacial score (nSPS) is 13.3. The molecule has 0 fully saturated rings. The summed E-state index contributed by atoms with van der Waals surface area (Å²) in [5, 5.41) is -1.35. The van der Waals surface area contributed by atoms with Crippen LogP contribution < -0.4 is 0 Å². The van der Waals surface area contributed by atoms with Gasteiger partial charge in [-0.3, -0.25) is 0 Å². The standard InChI is InChI=1S/C11H11ClF3N/c1-7(2)8-5-3-4-6-9(8)16-10(12)11(13,14)15/h3-7H,1-2H3. The van der Waals surface area contributed by atoms with Crippen LogP contribution in [0.2, 0.25) is 0 Å². The third kappa shape index (κ3) is 3.23. The van der Waals surface area contributed by atoms with Crippen LogP contribution in [0.15, 0.2) is 29.3 Å². The van der Waals surface area contributed by atoms with Gasteiger partial charge in [0, 0.05) is 0 Å². The van der Waals surface area contributed by atoms with E-state index in [-0.39, 0.29) is 11.6 Å². The third-order valence-corrected chi connectivity index (χ3v) is 2.31. The Morgan fingerprint density at radius 2 is 1.81 bits per heavy atom. The highest BCUT2D eigenvalue weighted by atomic mass is 35.5. The first-order valence-electron chi connectivity index (χ1n) is 4.72. The van der Waals surface area contributed by atoms with Crippen molar-refractivity contribution in [1.29, 1.82) is 0 Å². The van der Waals surface area contributed by atoms with Gasteiger partial charge in [-0.15, -0.1) is 0 Å². The number of nitrogens with zero attached hydrogens (tertiary/aromatic N) is 1. The van der Waals surface area contributed by atoms with Crippen LogP contribution in [0.1, 0.15) is 25.3 Å². The Kier molecular flexibility index (Phi) is 3.97. The number of hydrogen-bond donors (Lipinski definition) is 0. The molecular formula is C11H11ClF3N. The van der Waals surface area contributed by atoms with Crippen LogP contribution >= 0.6 is 11.6 Å². The smallest absolute Gasteiger partial charge is 0.232 e. The molecule has 0 unspecified atom stereocenters. The van der Waals surface area contributed by atoms with Gasteiger partial charge in [0.2, 0.25) is 5.17 Å². The van der Waals surface area contributed by atoms with Crippen LogP contribution in [-0.2, 0) is 0 Å². The minimum atomic E-state index is -4.59. The lowest BCUT2D eigenvalue weighted by Crippen LogP contribution is -2.16. The fourth-order valence-corrected chi connectivity index (χ4v) is 1.34. The van der Waals surface area contributed by atoms with Crippen LogP contribution in [0.4, 0.5) is 18.9 Å². The molecule has 0 saturated heterocycles. The zero-order valence-electron chi connectivity index (χ0n) is 8.85. The molecular weight excluding hydrogens is 239 g/mol. The molecule has 0 aliphatic heterocycles. The van der Waals surface area contributed by atoms with Crippen molar-refractivity contribution in [3.63, 3.8) is 0 Å². The molecule has 0 saturated carbocycles. The van der Waals surface area contributed by atoms with Gasteiger partial charge in [0.15, 0.2) is 0 Å². The average molecular weight is 250 g/mol. The molecule has 0 heterocycles. The molecule has 0 atom stereocenters. The zero-order chi connectivity index (χ0) is 12.3. The maximum absolute atomic E-state index is 12.2. The van der Waals surface area contributed by atoms with Gasteiger partial charge >= 0.3 is 6.18 Å². The van der Waals surface area contributed by atoms with E-state index in [1.54, 1.807) is 18.2 Å². The molecule has 0 aromatic heterocycles. The molecule has 1 aromatic carbocycles. The first-order valence-corrected chi connectivity index (χ1v) is 5.10. The lowest BCUT2D eigenvalue weighted by atomic mass is 10.0. The van der Waals surface area contributed by atoms with Gasteiger partial charge in [0.1, 0.15) is 0 Å². The minimum Gasteiger partial charge on any atom is -0.232 e. The minimum absolute atomic E-state index is 0.0950. The van der Waals surface area contributed by atoms with E-state index in [1.165, 1.54) is 6.07 Å². The van der Waals surface area contributed by atoms with Gasteiger partial charge in [0.05, 0.1) is 5.69 Å². The van der Waals surface area contributed by atoms with Crippen molar-refractivity contribution in [2.75, 3.05) is 0 Å². The number of rotatable bonds is 2. The number of para-hydroxylation sites is 1. The first-order chi connectivity index (χ1) is 7.32. The SMILES string of the molecule is CC(C)c1ccccc1N=C(Cl)C(F)(F)F. The van der Waals surface area contributed by atoms with Crippen molar-refractivity contribution in [2.24, 2.45) is 4.99 Å². The highest BCUT2D eigenvalue weighted by Crippen LogP contribution is 2.29. The Hall–Kier alpha value is -1.03. The van der Waals surface area contributed by atoms with Gasteiger partial charge in [-0.1, -0.05) is 43.6 Å². The van der Waals surface area contributed by atoms with Crippen molar-refractivity contribution in [1.82, 2.24) is 0 Å². The van der Waals surface area contributed by atoms with Crippen LogP contribution in [0, 0.1) is 0 Å². The Bertz CT molecular complexity index is 396. The van der Waals surface area contributed by atoms with Crippen LogP contribution in [0.3, 0.4) is 0 Å². The predicted molar refractivity (Wildman–Crippen MR) is 59.5 cm³/mol. The number of aliphatic imine (C=N–C) groups is 1. The van der Waals surface area contributed by atoms with Gasteiger partial charge in [0.25, 0.3) is 0 Å². The number of hydrogen-bond acceptors (Lipinski definition) is 1. The Balaban J connectivity index is 3.15. The maximum Gasteiger partial charge on any atom is 0.444 e. The highest BCUT2D eigenvalue weighted by molar-refractivity contribution is 6.67. The summed E-state index contributed by atoms with van der Waals surface area (Å²) in [6.45, 7) is 3.77. The van der Waals surface area contributed by atoms with Crippen LogP contribution in [-0.4, -0.2) is 11.3 Å².